The van der Waals surface area contributed by atoms with Crippen molar-refractivity contribution < 1.29 is 14.6 Å². The lowest BCUT2D eigenvalue weighted by Crippen LogP contribution is -2.44. The molecule has 1 amide bonds. The molecule has 4 heterocycles. The number of fused-ring (bicyclic) bond motifs is 3. The van der Waals surface area contributed by atoms with Gasteiger partial charge in [0.2, 0.25) is 0 Å². The summed E-state index contributed by atoms with van der Waals surface area (Å²) < 4.78 is 8.32. The zero-order chi connectivity index (χ0) is 24.5. The fourth-order valence-corrected chi connectivity index (χ4v) is 5.75. The number of benzene rings is 2. The molecule has 1 unspecified atom stereocenters. The largest absolute Gasteiger partial charge is 0.491 e. The summed E-state index contributed by atoms with van der Waals surface area (Å²) in [6.45, 7) is 7.33. The van der Waals surface area contributed by atoms with Gasteiger partial charge < -0.3 is 19.3 Å². The van der Waals surface area contributed by atoms with Gasteiger partial charge in [-0.05, 0) is 47.4 Å². The molecule has 0 spiro atoms. The summed E-state index contributed by atoms with van der Waals surface area (Å²) in [6.07, 6.45) is 2.54. The van der Waals surface area contributed by atoms with E-state index in [0.717, 1.165) is 51.3 Å². The maximum Gasteiger partial charge on any atom is 0.257 e. The average molecular weight is 487 g/mol. The Kier molecular flexibility index (Phi) is 6.52. The van der Waals surface area contributed by atoms with E-state index in [4.69, 9.17) is 4.74 Å². The van der Waals surface area contributed by atoms with Crippen LogP contribution in [0.2, 0.25) is 0 Å². The molecule has 1 atom stereocenters. The van der Waals surface area contributed by atoms with Crippen LogP contribution in [0.15, 0.2) is 60.8 Å². The predicted molar refractivity (Wildman–Crippen MR) is 138 cm³/mol. The van der Waals surface area contributed by atoms with Crippen LogP contribution in [0.4, 0.5) is 0 Å². The van der Waals surface area contributed by atoms with E-state index >= 15 is 0 Å². The quantitative estimate of drug-likeness (QED) is 0.581. The first-order valence-corrected chi connectivity index (χ1v) is 13.0. The number of rotatable bonds is 6. The van der Waals surface area contributed by atoms with Crippen LogP contribution in [0, 0.1) is 0 Å². The number of aromatic nitrogens is 1. The van der Waals surface area contributed by atoms with Gasteiger partial charge in [-0.3, -0.25) is 14.6 Å². The molecule has 1 aromatic heterocycles. The van der Waals surface area contributed by atoms with Crippen molar-refractivity contribution in [3.8, 4) is 5.75 Å². The Morgan fingerprint density at radius 2 is 1.78 bits per heavy atom. The third-order valence-corrected chi connectivity index (χ3v) is 7.66. The lowest BCUT2D eigenvalue weighted by atomic mass is 10.00. The number of amides is 1. The molecule has 0 bridgehead atoms. The number of nitrogens with zero attached hydrogens (tertiary/aromatic N) is 4. The van der Waals surface area contributed by atoms with E-state index < -0.39 is 6.10 Å². The predicted octanol–water partition coefficient (Wildman–Crippen LogP) is 2.76. The zero-order valence-corrected chi connectivity index (χ0v) is 20.7. The van der Waals surface area contributed by atoms with E-state index in [1.165, 1.54) is 16.8 Å². The van der Waals surface area contributed by atoms with Crippen molar-refractivity contribution in [1.82, 2.24) is 19.3 Å². The van der Waals surface area contributed by atoms with Crippen LogP contribution in [-0.2, 0) is 32.6 Å². The van der Waals surface area contributed by atoms with Gasteiger partial charge in [0.05, 0.1) is 18.2 Å². The molecule has 0 aliphatic carbocycles. The summed E-state index contributed by atoms with van der Waals surface area (Å²) in [5, 5.41) is 10.9. The van der Waals surface area contributed by atoms with Gasteiger partial charge in [0.1, 0.15) is 12.4 Å². The average Bonchev–Trinajstić information content (AvgIpc) is 3.30. The van der Waals surface area contributed by atoms with Crippen LogP contribution >= 0.6 is 0 Å². The fourth-order valence-electron chi connectivity index (χ4n) is 5.75. The first-order valence-electron chi connectivity index (χ1n) is 13.0. The van der Waals surface area contributed by atoms with Crippen LogP contribution in [0.5, 0.6) is 5.75 Å². The molecule has 1 N–H and O–H groups in total. The zero-order valence-electron chi connectivity index (χ0n) is 20.7. The highest BCUT2D eigenvalue weighted by Crippen LogP contribution is 2.27. The lowest BCUT2D eigenvalue weighted by Gasteiger charge is -2.32. The van der Waals surface area contributed by atoms with E-state index in [-0.39, 0.29) is 5.91 Å². The van der Waals surface area contributed by atoms with Gasteiger partial charge in [0.25, 0.3) is 5.91 Å². The number of hydrogen-bond donors (Lipinski definition) is 1. The van der Waals surface area contributed by atoms with E-state index in [0.29, 0.717) is 37.6 Å². The number of aliphatic hydroxyl groups is 1. The highest BCUT2D eigenvalue weighted by molar-refractivity contribution is 5.97. The van der Waals surface area contributed by atoms with Gasteiger partial charge in [-0.1, -0.05) is 30.3 Å². The molecule has 6 rings (SSSR count). The van der Waals surface area contributed by atoms with Crippen molar-refractivity contribution in [2.75, 3.05) is 39.3 Å². The molecule has 36 heavy (non-hydrogen) atoms. The summed E-state index contributed by atoms with van der Waals surface area (Å²) in [5.41, 5.74) is 5.81. The maximum absolute atomic E-state index is 13.3. The molecule has 3 aliphatic heterocycles. The van der Waals surface area contributed by atoms with E-state index in [2.05, 4.69) is 57.0 Å². The minimum atomic E-state index is -0.599. The van der Waals surface area contributed by atoms with Gasteiger partial charge in [-0.25, -0.2) is 0 Å². The van der Waals surface area contributed by atoms with Crippen molar-refractivity contribution in [2.45, 2.75) is 38.7 Å². The van der Waals surface area contributed by atoms with Crippen molar-refractivity contribution in [2.24, 2.45) is 0 Å². The highest BCUT2D eigenvalue weighted by atomic mass is 16.5. The van der Waals surface area contributed by atoms with Gasteiger partial charge in [-0.2, -0.15) is 0 Å². The van der Waals surface area contributed by atoms with Crippen molar-refractivity contribution >= 4 is 5.91 Å². The Bertz CT molecular complexity index is 1240. The standard InChI is InChI=1S/C29H34N4O3/c34-26(20-30-11-9-23-4-1-2-5-24(23)18-30)21-33-14-15-36-28-16-22(7-8-27(28)29(33)35)17-31-12-13-32-10-3-6-25(32)19-31/h1-8,10,16,26,34H,9,11-15,17-21H2. The normalized spacial score (nSPS) is 19.1. The van der Waals surface area contributed by atoms with E-state index in [1.807, 2.05) is 18.2 Å². The minimum Gasteiger partial charge on any atom is -0.491 e. The Labute approximate surface area is 212 Å². The summed E-state index contributed by atoms with van der Waals surface area (Å²) in [6, 6.07) is 18.7. The summed E-state index contributed by atoms with van der Waals surface area (Å²) in [4.78, 5) is 19.8. The Morgan fingerprint density at radius 1 is 0.889 bits per heavy atom. The van der Waals surface area contributed by atoms with Crippen molar-refractivity contribution in [3.05, 3.63) is 88.7 Å². The lowest BCUT2D eigenvalue weighted by molar-refractivity contribution is 0.0501. The van der Waals surface area contributed by atoms with E-state index in [9.17, 15) is 9.90 Å². The molecule has 0 fully saturated rings. The molecule has 7 heteroatoms. The molecule has 3 aliphatic rings. The number of carbonyl (C=O) groups is 1. The van der Waals surface area contributed by atoms with Crippen LogP contribution in [0.3, 0.4) is 0 Å². The summed E-state index contributed by atoms with van der Waals surface area (Å²) >= 11 is 0. The molecule has 188 valence electrons. The van der Waals surface area contributed by atoms with Crippen molar-refractivity contribution in [3.63, 3.8) is 0 Å². The van der Waals surface area contributed by atoms with Gasteiger partial charge >= 0.3 is 0 Å². The topological polar surface area (TPSA) is 61.2 Å². The summed E-state index contributed by atoms with van der Waals surface area (Å²) in [7, 11) is 0. The second-order valence-corrected chi connectivity index (χ2v) is 10.2. The Balaban J connectivity index is 1.07. The van der Waals surface area contributed by atoms with Crippen LogP contribution in [-0.4, -0.2) is 75.7 Å². The molecule has 2 aromatic carbocycles. The monoisotopic (exact) mass is 486 g/mol. The second kappa shape index (κ2) is 10.1. The molecule has 0 saturated heterocycles. The van der Waals surface area contributed by atoms with Crippen LogP contribution in [0.25, 0.3) is 0 Å². The van der Waals surface area contributed by atoms with Gasteiger partial charge in [0.15, 0.2) is 0 Å². The number of hydrogen-bond acceptors (Lipinski definition) is 5. The van der Waals surface area contributed by atoms with Gasteiger partial charge in [0, 0.05) is 64.2 Å². The van der Waals surface area contributed by atoms with E-state index in [1.54, 1.807) is 4.90 Å². The number of aliphatic hydroxyl groups excluding tert-OH is 1. The maximum atomic E-state index is 13.3. The smallest absolute Gasteiger partial charge is 0.257 e. The minimum absolute atomic E-state index is 0.0621. The fraction of sp³-hybridized carbons (Fsp3) is 0.414. The van der Waals surface area contributed by atoms with Crippen LogP contribution in [0.1, 0.15) is 32.7 Å². The second-order valence-electron chi connectivity index (χ2n) is 10.2. The van der Waals surface area contributed by atoms with Gasteiger partial charge in [-0.15, -0.1) is 0 Å². The number of carbonyl (C=O) groups excluding carboxylic acids is 1. The molecular formula is C29H34N4O3. The molecular weight excluding hydrogens is 452 g/mol. The third-order valence-electron chi connectivity index (χ3n) is 7.66. The molecule has 0 saturated carbocycles. The van der Waals surface area contributed by atoms with Crippen molar-refractivity contribution in [1.29, 1.82) is 0 Å². The Hall–Kier alpha value is -3.13. The molecule has 3 aromatic rings. The summed E-state index contributed by atoms with van der Waals surface area (Å²) in [5.74, 6) is 0.593. The first-order chi connectivity index (χ1) is 17.6. The highest BCUT2D eigenvalue weighted by Gasteiger charge is 2.27. The number of ether oxygens (including phenoxy) is 1. The first kappa shape index (κ1) is 23.3. The number of β-amino-alcohol motifs (C(OH)–C–C–N with tert-alkyl or cyclic N) is 1. The molecule has 0 radical (unpaired) electrons. The SMILES string of the molecule is O=C1c2ccc(CN3CCn4cccc4C3)cc2OCCN1CC(O)CN1CCc2ccccc2C1. The Morgan fingerprint density at radius 3 is 2.69 bits per heavy atom. The van der Waals surface area contributed by atoms with Crippen LogP contribution < -0.4 is 4.74 Å². The molecule has 7 nitrogen and oxygen atoms in total. The third kappa shape index (κ3) is 4.91.